The zero-order valence-electron chi connectivity index (χ0n) is 8.02. The van der Waals surface area contributed by atoms with Crippen molar-refractivity contribution in [2.75, 3.05) is 20.8 Å². The minimum atomic E-state index is -6.09. The molecule has 0 atom stereocenters. The third kappa shape index (κ3) is 5.47. The van der Waals surface area contributed by atoms with E-state index in [2.05, 4.69) is 35.7 Å². The first kappa shape index (κ1) is 14.0. The van der Waals surface area contributed by atoms with Crippen molar-refractivity contribution in [3.8, 4) is 0 Å². The number of hydrogen-bond acceptors (Lipinski definition) is 3. The van der Waals surface area contributed by atoms with Gasteiger partial charge in [0, 0.05) is 0 Å². The van der Waals surface area contributed by atoms with Gasteiger partial charge in [-0.2, -0.15) is 22.3 Å². The molecule has 0 bridgehead atoms. The maximum atomic E-state index is 10.7. The van der Waals surface area contributed by atoms with Gasteiger partial charge >= 0.3 is 12.2 Å². The lowest BCUT2D eigenvalue weighted by Crippen LogP contribution is -2.21. The van der Waals surface area contributed by atoms with E-state index in [9.17, 15) is 13.2 Å². The van der Waals surface area contributed by atoms with Crippen LogP contribution in [-0.4, -0.2) is 60.8 Å². The van der Waals surface area contributed by atoms with Crippen LogP contribution < -0.4 is 0 Å². The van der Waals surface area contributed by atoms with Crippen LogP contribution in [0.1, 0.15) is 0 Å². The molecule has 0 aromatic carbocycles. The molecule has 0 aliphatic carbocycles. The summed E-state index contributed by atoms with van der Waals surface area (Å²) in [4.78, 5) is 0. The zero-order valence-corrected chi connectivity index (χ0v) is 8.84. The van der Waals surface area contributed by atoms with Crippen LogP contribution in [0.25, 0.3) is 0 Å². The first-order valence-corrected chi connectivity index (χ1v) is 5.06. The van der Waals surface area contributed by atoms with E-state index in [4.69, 9.17) is 13.0 Å². The number of halogens is 3. The van der Waals surface area contributed by atoms with Crippen LogP contribution in [-0.2, 0) is 10.1 Å². The van der Waals surface area contributed by atoms with E-state index in [-0.39, 0.29) is 0 Å². The van der Waals surface area contributed by atoms with Gasteiger partial charge in [0.25, 0.3) is 0 Å². The molecule has 0 aromatic heterocycles. The van der Waals surface area contributed by atoms with Crippen LogP contribution >= 0.6 is 0 Å². The monoisotopic (exact) mass is 247 g/mol. The molecule has 0 saturated heterocycles. The van der Waals surface area contributed by atoms with Crippen molar-refractivity contribution in [1.82, 2.24) is 0 Å². The number of alkyl halides is 3. The molecule has 88 valence electrons. The van der Waals surface area contributed by atoms with Gasteiger partial charge in [-0.1, -0.05) is 0 Å². The molecule has 1 aliphatic heterocycles. The van der Waals surface area contributed by atoms with E-state index in [1.165, 1.54) is 0 Å². The summed E-state index contributed by atoms with van der Waals surface area (Å²) in [5, 5.41) is 0. The molecule has 5 nitrogen and oxygen atoms in total. The summed E-state index contributed by atoms with van der Waals surface area (Å²) in [6.07, 6.45) is 4.11. The van der Waals surface area contributed by atoms with Crippen LogP contribution in [0, 0.1) is 0 Å². The highest BCUT2D eigenvalue weighted by Crippen LogP contribution is 2.20. The molecule has 15 heavy (non-hydrogen) atoms. The van der Waals surface area contributed by atoms with Crippen molar-refractivity contribution in [3.63, 3.8) is 0 Å². The average Bonchev–Trinajstić information content (AvgIpc) is 2.31. The third-order valence-corrected chi connectivity index (χ3v) is 1.87. The quantitative estimate of drug-likeness (QED) is 0.327. The highest BCUT2D eigenvalue weighted by Gasteiger charge is 2.36. The van der Waals surface area contributed by atoms with Gasteiger partial charge in [-0.15, -0.1) is 0 Å². The Bertz CT molecular complexity index is 367. The van der Waals surface area contributed by atoms with Crippen LogP contribution in [0.3, 0.4) is 0 Å². The second-order valence-electron chi connectivity index (χ2n) is 2.85. The molecule has 0 N–H and O–H groups in total. The van der Waals surface area contributed by atoms with E-state index in [1.54, 1.807) is 0 Å². The van der Waals surface area contributed by atoms with Crippen molar-refractivity contribution in [2.24, 2.45) is 0 Å². The normalized spacial score (nSPS) is 16.4. The molecule has 0 radical (unpaired) electrons. The highest BCUT2D eigenvalue weighted by molar-refractivity contribution is 7.86. The van der Waals surface area contributed by atoms with Gasteiger partial charge < -0.3 is 4.55 Å². The predicted octanol–water partition coefficient (Wildman–Crippen LogP) is -0.565. The summed E-state index contributed by atoms with van der Waals surface area (Å²) in [7, 11) is -1.98. The predicted molar refractivity (Wildman–Crippen MR) is 45.1 cm³/mol. The second kappa shape index (κ2) is 4.71. The summed E-state index contributed by atoms with van der Waals surface area (Å²) >= 11 is 0. The molecule has 0 spiro atoms. The Morgan fingerprint density at radius 3 is 1.53 bits per heavy atom. The van der Waals surface area contributed by atoms with Gasteiger partial charge in [0.15, 0.2) is 10.1 Å². The Labute approximate surface area is 84.9 Å². The van der Waals surface area contributed by atoms with Crippen molar-refractivity contribution in [3.05, 3.63) is 0 Å². The summed E-state index contributed by atoms with van der Waals surface area (Å²) in [5.41, 5.74) is -5.65. The van der Waals surface area contributed by atoms with Crippen molar-refractivity contribution >= 4 is 22.5 Å². The van der Waals surface area contributed by atoms with Gasteiger partial charge in [-0.3, -0.25) is 0 Å². The average molecular weight is 247 g/mol. The summed E-state index contributed by atoms with van der Waals surface area (Å²) in [5.74, 6) is 0. The number of nitrogens with zero attached hydrogens (tertiary/aromatic N) is 2. The fourth-order valence-electron chi connectivity index (χ4n) is 0.674. The summed E-state index contributed by atoms with van der Waals surface area (Å²) < 4.78 is 63.2. The standard InChI is InChI=1S/C5H10N2.CHF3O3S/c1-6-3-4-7(2)5-6;2-1(3,4)8(5,6)7/h3-4H,5H2,1-2H3;(H,5,6,7)/q+2;/p-1. The maximum absolute atomic E-state index is 10.7. The Balaban J connectivity index is 0.000000262. The molecular weight excluding hydrogens is 237 g/mol. The lowest BCUT2D eigenvalue weighted by molar-refractivity contribution is -0.686. The smallest absolute Gasteiger partial charge is 0.485 e. The molecule has 0 fully saturated rings. The van der Waals surface area contributed by atoms with Gasteiger partial charge in [0.05, 0.1) is 0 Å². The van der Waals surface area contributed by atoms with Crippen LogP contribution in [0.4, 0.5) is 13.2 Å². The zero-order chi connectivity index (χ0) is 12.3. The Morgan fingerprint density at radius 2 is 1.47 bits per heavy atom. The molecule has 0 amide bonds. The lowest BCUT2D eigenvalue weighted by atomic mass is 10.8. The summed E-state index contributed by atoms with van der Waals surface area (Å²) in [6, 6.07) is 0. The molecule has 0 unspecified atom stereocenters. The largest absolute Gasteiger partial charge is 0.741 e. The summed E-state index contributed by atoms with van der Waals surface area (Å²) in [6.45, 7) is 1.03. The Kier molecular flexibility index (Phi) is 4.41. The maximum Gasteiger partial charge on any atom is 0.485 e. The van der Waals surface area contributed by atoms with Crippen molar-refractivity contribution < 1.29 is 35.3 Å². The fraction of sp³-hybridized carbons (Fsp3) is 0.667. The molecule has 9 heteroatoms. The second-order valence-corrected chi connectivity index (χ2v) is 4.22. The van der Waals surface area contributed by atoms with E-state index in [0.717, 1.165) is 6.67 Å². The number of hydrogen-bond donors (Lipinski definition) is 0. The SMILES string of the molecule is C[N+]1=CC=[N+](C)C1.O=S(=O)([O-])C(F)(F)F. The number of rotatable bonds is 0. The van der Waals surface area contributed by atoms with Crippen LogP contribution in [0.2, 0.25) is 0 Å². The molecule has 1 rings (SSSR count). The third-order valence-electron chi connectivity index (χ3n) is 1.31. The molecule has 0 saturated carbocycles. The minimum Gasteiger partial charge on any atom is -0.741 e. The van der Waals surface area contributed by atoms with Gasteiger partial charge in [0.2, 0.25) is 12.4 Å². The van der Waals surface area contributed by atoms with Gasteiger partial charge in [-0.05, 0) is 0 Å². The van der Waals surface area contributed by atoms with Crippen molar-refractivity contribution in [1.29, 1.82) is 0 Å². The lowest BCUT2D eigenvalue weighted by Gasteiger charge is -2.08. The highest BCUT2D eigenvalue weighted by atomic mass is 32.2. The Hall–Kier alpha value is -0.960. The van der Waals surface area contributed by atoms with Gasteiger partial charge in [0.1, 0.15) is 14.1 Å². The van der Waals surface area contributed by atoms with Crippen LogP contribution in [0.15, 0.2) is 0 Å². The van der Waals surface area contributed by atoms with Crippen LogP contribution in [0.5, 0.6) is 0 Å². The first-order valence-electron chi connectivity index (χ1n) is 3.65. The van der Waals surface area contributed by atoms with E-state index >= 15 is 0 Å². The van der Waals surface area contributed by atoms with E-state index in [1.807, 2.05) is 0 Å². The molecule has 1 heterocycles. The Morgan fingerprint density at radius 1 is 1.20 bits per heavy atom. The van der Waals surface area contributed by atoms with Gasteiger partial charge in [-0.25, -0.2) is 8.42 Å². The molecule has 1 aliphatic rings. The minimum absolute atomic E-state index is 1.03. The van der Waals surface area contributed by atoms with E-state index < -0.39 is 15.6 Å². The fourth-order valence-corrected chi connectivity index (χ4v) is 0.674. The van der Waals surface area contributed by atoms with Crippen molar-refractivity contribution in [2.45, 2.75) is 5.51 Å². The first-order chi connectivity index (χ1) is 6.54. The van der Waals surface area contributed by atoms with E-state index in [0.29, 0.717) is 0 Å². The molecule has 0 aromatic rings. The topological polar surface area (TPSA) is 63.2 Å². The molecular formula is C6H10F3N2O3S+.